The van der Waals surface area contributed by atoms with Gasteiger partial charge >= 0.3 is 0 Å². The molecule has 0 aromatic carbocycles. The Labute approximate surface area is 99.4 Å². The Morgan fingerprint density at radius 1 is 1.76 bits per heavy atom. The summed E-state index contributed by atoms with van der Waals surface area (Å²) in [5.41, 5.74) is 6.54. The van der Waals surface area contributed by atoms with Crippen LogP contribution in [0.3, 0.4) is 0 Å². The summed E-state index contributed by atoms with van der Waals surface area (Å²) < 4.78 is 7.20. The molecule has 2 heterocycles. The van der Waals surface area contributed by atoms with Gasteiger partial charge in [0.2, 0.25) is 0 Å². The Morgan fingerprint density at radius 3 is 3.24 bits per heavy atom. The largest absolute Gasteiger partial charge is 0.409 e. The summed E-state index contributed by atoms with van der Waals surface area (Å²) in [4.78, 5) is 2.18. The van der Waals surface area contributed by atoms with Crippen LogP contribution < -0.4 is 5.73 Å². The third-order valence-corrected chi connectivity index (χ3v) is 2.75. The number of aryl methyl sites for hydroxylation is 1. The van der Waals surface area contributed by atoms with Crippen molar-refractivity contribution in [1.29, 1.82) is 0 Å². The number of amidine groups is 1. The minimum absolute atomic E-state index is 0.121. The van der Waals surface area contributed by atoms with Crippen LogP contribution in [0.15, 0.2) is 17.4 Å². The zero-order valence-electron chi connectivity index (χ0n) is 9.78. The maximum absolute atomic E-state index is 8.62. The summed E-state index contributed by atoms with van der Waals surface area (Å²) in [6.07, 6.45) is 1.58. The van der Waals surface area contributed by atoms with Crippen molar-refractivity contribution in [2.24, 2.45) is 17.9 Å². The zero-order chi connectivity index (χ0) is 12.3. The van der Waals surface area contributed by atoms with E-state index in [1.54, 1.807) is 4.68 Å². The SMILES string of the molecule is Cn1ccc(CN2CCOC(/C(N)=N/O)C2)n1. The van der Waals surface area contributed by atoms with E-state index in [-0.39, 0.29) is 11.9 Å². The third-order valence-electron chi connectivity index (χ3n) is 2.75. The molecule has 1 fully saturated rings. The summed E-state index contributed by atoms with van der Waals surface area (Å²) in [6, 6.07) is 1.98. The van der Waals surface area contributed by atoms with Crippen LogP contribution in [0.5, 0.6) is 0 Å². The molecule has 0 spiro atoms. The van der Waals surface area contributed by atoms with E-state index in [1.807, 2.05) is 19.3 Å². The zero-order valence-corrected chi connectivity index (χ0v) is 9.78. The van der Waals surface area contributed by atoms with Crippen LogP contribution in [0.1, 0.15) is 5.69 Å². The van der Waals surface area contributed by atoms with Gasteiger partial charge in [-0.2, -0.15) is 5.10 Å². The van der Waals surface area contributed by atoms with Crippen molar-refractivity contribution in [3.8, 4) is 0 Å². The van der Waals surface area contributed by atoms with Gasteiger partial charge in [-0.05, 0) is 6.07 Å². The highest BCUT2D eigenvalue weighted by Crippen LogP contribution is 2.09. The monoisotopic (exact) mass is 239 g/mol. The topological polar surface area (TPSA) is 88.9 Å². The van der Waals surface area contributed by atoms with Crippen molar-refractivity contribution in [2.45, 2.75) is 12.6 Å². The molecule has 1 atom stereocenters. The van der Waals surface area contributed by atoms with Crippen molar-refractivity contribution < 1.29 is 9.94 Å². The van der Waals surface area contributed by atoms with Crippen molar-refractivity contribution in [3.05, 3.63) is 18.0 Å². The van der Waals surface area contributed by atoms with Crippen molar-refractivity contribution in [1.82, 2.24) is 14.7 Å². The van der Waals surface area contributed by atoms with Crippen LogP contribution in [0, 0.1) is 0 Å². The number of nitrogens with two attached hydrogens (primary N) is 1. The minimum Gasteiger partial charge on any atom is -0.409 e. The maximum Gasteiger partial charge on any atom is 0.169 e. The van der Waals surface area contributed by atoms with Gasteiger partial charge in [0, 0.05) is 32.9 Å². The normalized spacial score (nSPS) is 22.9. The molecule has 1 aliphatic rings. The summed E-state index contributed by atoms with van der Waals surface area (Å²) >= 11 is 0. The highest BCUT2D eigenvalue weighted by molar-refractivity contribution is 5.84. The number of morpholine rings is 1. The van der Waals surface area contributed by atoms with Crippen LogP contribution in [-0.4, -0.2) is 51.5 Å². The molecule has 0 amide bonds. The number of nitrogens with zero attached hydrogens (tertiary/aromatic N) is 4. The molecule has 1 aromatic heterocycles. The number of ether oxygens (including phenoxy) is 1. The molecule has 17 heavy (non-hydrogen) atoms. The fourth-order valence-electron chi connectivity index (χ4n) is 1.87. The summed E-state index contributed by atoms with van der Waals surface area (Å²) in [6.45, 7) is 2.77. The van der Waals surface area contributed by atoms with E-state index >= 15 is 0 Å². The van der Waals surface area contributed by atoms with E-state index in [0.29, 0.717) is 13.2 Å². The van der Waals surface area contributed by atoms with Gasteiger partial charge in [0.15, 0.2) is 5.84 Å². The first-order valence-corrected chi connectivity index (χ1v) is 5.49. The second-order valence-electron chi connectivity index (χ2n) is 4.10. The lowest BCUT2D eigenvalue weighted by atomic mass is 10.2. The summed E-state index contributed by atoms with van der Waals surface area (Å²) in [5.74, 6) is 0.121. The Morgan fingerprint density at radius 2 is 2.59 bits per heavy atom. The van der Waals surface area contributed by atoms with Gasteiger partial charge in [-0.15, -0.1) is 0 Å². The third kappa shape index (κ3) is 2.95. The van der Waals surface area contributed by atoms with E-state index in [0.717, 1.165) is 18.8 Å². The highest BCUT2D eigenvalue weighted by atomic mass is 16.5. The number of rotatable bonds is 3. The second-order valence-corrected chi connectivity index (χ2v) is 4.10. The fraction of sp³-hybridized carbons (Fsp3) is 0.600. The number of oxime groups is 1. The maximum atomic E-state index is 8.62. The molecule has 1 saturated heterocycles. The predicted molar refractivity (Wildman–Crippen MR) is 61.6 cm³/mol. The Bertz CT molecular complexity index is 403. The van der Waals surface area contributed by atoms with E-state index in [9.17, 15) is 0 Å². The van der Waals surface area contributed by atoms with E-state index in [4.69, 9.17) is 15.7 Å². The lowest BCUT2D eigenvalue weighted by Crippen LogP contribution is -2.48. The van der Waals surface area contributed by atoms with Gasteiger partial charge in [-0.3, -0.25) is 9.58 Å². The van der Waals surface area contributed by atoms with Gasteiger partial charge in [0.05, 0.1) is 12.3 Å². The van der Waals surface area contributed by atoms with Crippen molar-refractivity contribution in [3.63, 3.8) is 0 Å². The standard InChI is InChI=1S/C10H17N5O2/c1-14-3-2-8(12-14)6-15-4-5-17-9(7-15)10(11)13-16/h2-3,9,16H,4-7H2,1H3,(H2,11,13). The quantitative estimate of drug-likeness (QED) is 0.317. The molecule has 7 nitrogen and oxygen atoms in total. The van der Waals surface area contributed by atoms with Crippen LogP contribution in [-0.2, 0) is 18.3 Å². The van der Waals surface area contributed by atoms with Gasteiger partial charge < -0.3 is 15.7 Å². The lowest BCUT2D eigenvalue weighted by Gasteiger charge is -2.31. The molecule has 0 radical (unpaired) electrons. The molecule has 1 unspecified atom stereocenters. The van der Waals surface area contributed by atoms with Crippen LogP contribution in [0.4, 0.5) is 0 Å². The first-order valence-electron chi connectivity index (χ1n) is 5.49. The van der Waals surface area contributed by atoms with E-state index < -0.39 is 0 Å². The van der Waals surface area contributed by atoms with Gasteiger partial charge in [0.25, 0.3) is 0 Å². The number of aromatic nitrogens is 2. The first-order chi connectivity index (χ1) is 8.19. The van der Waals surface area contributed by atoms with Crippen LogP contribution in [0.2, 0.25) is 0 Å². The van der Waals surface area contributed by atoms with E-state index in [1.165, 1.54) is 0 Å². The van der Waals surface area contributed by atoms with Crippen molar-refractivity contribution in [2.75, 3.05) is 19.7 Å². The minimum atomic E-state index is -0.336. The molecule has 0 bridgehead atoms. The van der Waals surface area contributed by atoms with Crippen LogP contribution >= 0.6 is 0 Å². The molecule has 0 saturated carbocycles. The van der Waals surface area contributed by atoms with Gasteiger partial charge in [-0.25, -0.2) is 0 Å². The molecule has 0 aliphatic carbocycles. The molecular weight excluding hydrogens is 222 g/mol. The molecule has 3 N–H and O–H groups in total. The average Bonchev–Trinajstić information content (AvgIpc) is 2.74. The smallest absolute Gasteiger partial charge is 0.169 e. The Hall–Kier alpha value is -1.60. The first kappa shape index (κ1) is 11.9. The second kappa shape index (κ2) is 5.15. The van der Waals surface area contributed by atoms with Crippen molar-refractivity contribution >= 4 is 5.84 Å². The lowest BCUT2D eigenvalue weighted by molar-refractivity contribution is 0.000928. The van der Waals surface area contributed by atoms with E-state index in [2.05, 4.69) is 15.2 Å². The summed E-state index contributed by atoms with van der Waals surface area (Å²) in [7, 11) is 1.89. The molecular formula is C10H17N5O2. The fourth-order valence-corrected chi connectivity index (χ4v) is 1.87. The predicted octanol–water partition coefficient (Wildman–Crippen LogP) is -0.633. The molecule has 1 aromatic rings. The Kier molecular flexibility index (Phi) is 3.60. The molecule has 94 valence electrons. The highest BCUT2D eigenvalue weighted by Gasteiger charge is 2.24. The Balaban J connectivity index is 1.93. The number of hydrogen-bond acceptors (Lipinski definition) is 5. The molecule has 7 heteroatoms. The number of hydrogen-bond donors (Lipinski definition) is 2. The molecule has 1 aliphatic heterocycles. The van der Waals surface area contributed by atoms with Gasteiger partial charge in [0.1, 0.15) is 6.10 Å². The van der Waals surface area contributed by atoms with Gasteiger partial charge in [-0.1, -0.05) is 5.16 Å². The molecule has 2 rings (SSSR count). The van der Waals surface area contributed by atoms with Crippen LogP contribution in [0.25, 0.3) is 0 Å². The summed E-state index contributed by atoms with van der Waals surface area (Å²) in [5, 5.41) is 15.9. The average molecular weight is 239 g/mol.